The lowest BCUT2D eigenvalue weighted by atomic mass is 10.2. The number of rotatable bonds is 2. The van der Waals surface area contributed by atoms with Crippen LogP contribution in [0, 0.1) is 0 Å². The molecular weight excluding hydrogens is 352 g/mol. The zero-order chi connectivity index (χ0) is 19.6. The first-order valence-corrected chi connectivity index (χ1v) is 7.75. The van der Waals surface area contributed by atoms with Crippen LogP contribution in [-0.2, 0) is 9.47 Å². The number of aromatic carboxylic acids is 1. The fourth-order valence-corrected chi connectivity index (χ4v) is 1.77. The van der Waals surface area contributed by atoms with Crippen LogP contribution in [0.4, 0.5) is 15.4 Å². The van der Waals surface area contributed by atoms with E-state index in [1.807, 2.05) is 0 Å². The number of pyridine rings is 1. The van der Waals surface area contributed by atoms with Gasteiger partial charge < -0.3 is 14.6 Å². The van der Waals surface area contributed by atoms with Gasteiger partial charge in [0.2, 0.25) is 0 Å². The number of anilines is 1. The van der Waals surface area contributed by atoms with Crippen LogP contribution in [0.15, 0.2) is 12.1 Å². The van der Waals surface area contributed by atoms with Crippen molar-refractivity contribution in [2.45, 2.75) is 52.7 Å². The van der Waals surface area contributed by atoms with Crippen molar-refractivity contribution in [1.82, 2.24) is 4.98 Å². The highest BCUT2D eigenvalue weighted by Crippen LogP contribution is 2.23. The Morgan fingerprint density at radius 2 is 1.44 bits per heavy atom. The van der Waals surface area contributed by atoms with E-state index in [0.29, 0.717) is 4.90 Å². The van der Waals surface area contributed by atoms with E-state index in [2.05, 4.69) is 4.98 Å². The molecule has 0 radical (unpaired) electrons. The highest BCUT2D eigenvalue weighted by molar-refractivity contribution is 6.33. The van der Waals surface area contributed by atoms with Crippen LogP contribution in [0.25, 0.3) is 0 Å². The van der Waals surface area contributed by atoms with Crippen molar-refractivity contribution < 1.29 is 29.0 Å². The molecule has 0 unspecified atom stereocenters. The van der Waals surface area contributed by atoms with Crippen LogP contribution in [0.5, 0.6) is 0 Å². The van der Waals surface area contributed by atoms with E-state index in [0.717, 1.165) is 0 Å². The SMILES string of the molecule is CC(C)(C)OC(=O)N(C(=O)OC(C)(C)C)c1ccc(Cl)c(C(=O)O)n1. The first kappa shape index (κ1) is 20.7. The molecule has 0 saturated heterocycles. The Hall–Kier alpha value is -2.35. The summed E-state index contributed by atoms with van der Waals surface area (Å²) in [4.78, 5) is 40.4. The van der Waals surface area contributed by atoms with Crippen molar-refractivity contribution in [3.05, 3.63) is 22.8 Å². The molecule has 138 valence electrons. The van der Waals surface area contributed by atoms with E-state index in [9.17, 15) is 14.4 Å². The van der Waals surface area contributed by atoms with Gasteiger partial charge in [0.1, 0.15) is 17.0 Å². The Labute approximate surface area is 150 Å². The van der Waals surface area contributed by atoms with Crippen molar-refractivity contribution in [3.8, 4) is 0 Å². The maximum absolute atomic E-state index is 12.4. The number of amides is 2. The lowest BCUT2D eigenvalue weighted by molar-refractivity contribution is 0.0427. The Bertz CT molecular complexity index is 663. The maximum atomic E-state index is 12.4. The van der Waals surface area contributed by atoms with Crippen molar-refractivity contribution in [3.63, 3.8) is 0 Å². The number of imide groups is 1. The summed E-state index contributed by atoms with van der Waals surface area (Å²) in [6.07, 6.45) is -2.10. The lowest BCUT2D eigenvalue weighted by Gasteiger charge is -2.28. The molecule has 0 aliphatic rings. The second-order valence-electron chi connectivity index (χ2n) is 7.10. The number of aromatic nitrogens is 1. The Balaban J connectivity index is 3.36. The monoisotopic (exact) mass is 372 g/mol. The third-order valence-electron chi connectivity index (χ3n) is 2.42. The Morgan fingerprint density at radius 3 is 1.80 bits per heavy atom. The number of hydrogen-bond acceptors (Lipinski definition) is 6. The van der Waals surface area contributed by atoms with E-state index in [1.54, 1.807) is 41.5 Å². The van der Waals surface area contributed by atoms with Crippen LogP contribution in [0.2, 0.25) is 5.02 Å². The number of hydrogen-bond donors (Lipinski definition) is 1. The van der Waals surface area contributed by atoms with Gasteiger partial charge in [0.05, 0.1) is 5.02 Å². The number of carboxylic acid groups (broad SMARTS) is 1. The summed E-state index contributed by atoms with van der Waals surface area (Å²) in [6.45, 7) is 9.73. The first-order chi connectivity index (χ1) is 11.2. The van der Waals surface area contributed by atoms with Gasteiger partial charge in [-0.2, -0.15) is 4.90 Å². The van der Waals surface area contributed by atoms with E-state index in [-0.39, 0.29) is 10.8 Å². The summed E-state index contributed by atoms with van der Waals surface area (Å²) in [6, 6.07) is 2.44. The van der Waals surface area contributed by atoms with Crippen LogP contribution in [0.1, 0.15) is 52.0 Å². The first-order valence-electron chi connectivity index (χ1n) is 7.37. The summed E-state index contributed by atoms with van der Waals surface area (Å²) in [5.74, 6) is -1.68. The minimum Gasteiger partial charge on any atom is -0.476 e. The second-order valence-corrected chi connectivity index (χ2v) is 7.51. The number of nitrogens with zero attached hydrogens (tertiary/aromatic N) is 2. The van der Waals surface area contributed by atoms with E-state index in [1.165, 1.54) is 12.1 Å². The second kappa shape index (κ2) is 7.26. The molecule has 0 bridgehead atoms. The fourth-order valence-electron chi connectivity index (χ4n) is 1.58. The molecular formula is C16H21ClN2O6. The van der Waals surface area contributed by atoms with Crippen LogP contribution in [0.3, 0.4) is 0 Å². The molecule has 8 nitrogen and oxygen atoms in total. The molecule has 0 aliphatic heterocycles. The van der Waals surface area contributed by atoms with Gasteiger partial charge in [-0.15, -0.1) is 0 Å². The number of carbonyl (C=O) groups excluding carboxylic acids is 2. The Morgan fingerprint density at radius 1 is 1.00 bits per heavy atom. The van der Waals surface area contributed by atoms with Gasteiger partial charge in [-0.1, -0.05) is 11.6 Å². The quantitative estimate of drug-likeness (QED) is 0.832. The predicted molar refractivity (Wildman–Crippen MR) is 91.2 cm³/mol. The van der Waals surface area contributed by atoms with Gasteiger partial charge in [-0.05, 0) is 53.7 Å². The molecule has 1 rings (SSSR count). The predicted octanol–water partition coefficient (Wildman–Crippen LogP) is 4.11. The molecule has 1 N–H and O–H groups in total. The van der Waals surface area contributed by atoms with E-state index >= 15 is 0 Å². The van der Waals surface area contributed by atoms with Gasteiger partial charge in [0, 0.05) is 0 Å². The molecule has 1 aromatic rings. The van der Waals surface area contributed by atoms with Crippen LogP contribution < -0.4 is 4.90 Å². The maximum Gasteiger partial charge on any atom is 0.425 e. The molecule has 0 aliphatic carbocycles. The molecule has 9 heteroatoms. The van der Waals surface area contributed by atoms with Gasteiger partial charge in [-0.3, -0.25) is 0 Å². The molecule has 1 heterocycles. The fraction of sp³-hybridized carbons (Fsp3) is 0.500. The molecule has 1 aromatic heterocycles. The topological polar surface area (TPSA) is 106 Å². The lowest BCUT2D eigenvalue weighted by Crippen LogP contribution is -2.44. The van der Waals surface area contributed by atoms with Gasteiger partial charge in [0.15, 0.2) is 5.69 Å². The molecule has 0 fully saturated rings. The average molecular weight is 373 g/mol. The molecule has 0 aromatic carbocycles. The number of carboxylic acids is 1. The van der Waals surface area contributed by atoms with Gasteiger partial charge in [-0.25, -0.2) is 19.4 Å². The highest BCUT2D eigenvalue weighted by Gasteiger charge is 2.34. The van der Waals surface area contributed by atoms with Crippen molar-refractivity contribution in [2.24, 2.45) is 0 Å². The zero-order valence-corrected chi connectivity index (χ0v) is 15.7. The van der Waals surface area contributed by atoms with Crippen LogP contribution >= 0.6 is 11.6 Å². The van der Waals surface area contributed by atoms with Gasteiger partial charge in [0.25, 0.3) is 0 Å². The molecule has 0 saturated carbocycles. The normalized spacial score (nSPS) is 11.6. The minimum absolute atomic E-state index is 0.135. The van der Waals surface area contributed by atoms with Crippen molar-refractivity contribution in [2.75, 3.05) is 4.90 Å². The van der Waals surface area contributed by atoms with E-state index in [4.69, 9.17) is 26.2 Å². The molecule has 2 amide bonds. The average Bonchev–Trinajstić information content (AvgIpc) is 2.36. The van der Waals surface area contributed by atoms with Gasteiger partial charge >= 0.3 is 18.2 Å². The minimum atomic E-state index is -1.40. The van der Waals surface area contributed by atoms with Crippen molar-refractivity contribution >= 4 is 35.6 Å². The summed E-state index contributed by atoms with van der Waals surface area (Å²) in [5, 5.41) is 8.99. The molecule has 0 spiro atoms. The summed E-state index contributed by atoms with van der Waals surface area (Å²) in [7, 11) is 0. The highest BCUT2D eigenvalue weighted by atomic mass is 35.5. The zero-order valence-electron chi connectivity index (χ0n) is 14.9. The van der Waals surface area contributed by atoms with Crippen molar-refractivity contribution in [1.29, 1.82) is 0 Å². The van der Waals surface area contributed by atoms with E-state index < -0.39 is 35.1 Å². The number of carbonyl (C=O) groups is 3. The largest absolute Gasteiger partial charge is 0.476 e. The third-order valence-corrected chi connectivity index (χ3v) is 2.72. The number of halogens is 1. The standard InChI is InChI=1S/C16H21ClN2O6/c1-15(2,3)24-13(22)19(14(23)25-16(4,5)6)10-8-7-9(17)11(18-10)12(20)21/h7-8H,1-6H3,(H,20,21). The number of ether oxygens (including phenoxy) is 2. The Kier molecular flexibility index (Phi) is 6.01. The summed E-state index contributed by atoms with van der Waals surface area (Å²) in [5.41, 5.74) is -2.28. The third kappa shape index (κ3) is 6.22. The molecule has 25 heavy (non-hydrogen) atoms. The summed E-state index contributed by atoms with van der Waals surface area (Å²) < 4.78 is 10.4. The smallest absolute Gasteiger partial charge is 0.425 e. The molecule has 0 atom stereocenters. The summed E-state index contributed by atoms with van der Waals surface area (Å²) >= 11 is 5.77. The van der Waals surface area contributed by atoms with Crippen LogP contribution in [-0.4, -0.2) is 39.4 Å².